The summed E-state index contributed by atoms with van der Waals surface area (Å²) in [6.07, 6.45) is 0. The van der Waals surface area contributed by atoms with Gasteiger partial charge in [0.15, 0.2) is 5.69 Å². The molecule has 1 aliphatic carbocycles. The minimum Gasteiger partial charge on any atom is -0.311 e. The summed E-state index contributed by atoms with van der Waals surface area (Å²) in [4.78, 5) is 5.72. The van der Waals surface area contributed by atoms with Crippen molar-refractivity contribution in [2.45, 2.75) is 0 Å². The van der Waals surface area contributed by atoms with Crippen LogP contribution in [0.2, 0.25) is 0 Å². The highest BCUT2D eigenvalue weighted by Crippen LogP contribution is 2.51. The summed E-state index contributed by atoms with van der Waals surface area (Å²) < 4.78 is 0. The lowest BCUT2D eigenvalue weighted by Crippen LogP contribution is -2.10. The molecule has 0 aromatic heterocycles. The molecule has 0 saturated heterocycles. The molecule has 43 heavy (non-hydrogen) atoms. The van der Waals surface area contributed by atoms with Gasteiger partial charge in [-0.25, -0.2) is 4.85 Å². The predicted molar refractivity (Wildman–Crippen MR) is 177 cm³/mol. The van der Waals surface area contributed by atoms with Crippen LogP contribution >= 0.6 is 0 Å². The molecule has 3 heteroatoms. The van der Waals surface area contributed by atoms with E-state index in [4.69, 9.17) is 6.57 Å². The van der Waals surface area contributed by atoms with Gasteiger partial charge < -0.3 is 4.90 Å². The van der Waals surface area contributed by atoms with Crippen molar-refractivity contribution in [1.29, 1.82) is 5.26 Å². The highest BCUT2D eigenvalue weighted by molar-refractivity contribution is 6.12. The van der Waals surface area contributed by atoms with Crippen molar-refractivity contribution in [1.82, 2.24) is 0 Å². The Balaban J connectivity index is 1.21. The molecule has 8 rings (SSSR count). The number of hydrogen-bond donors (Lipinski definition) is 0. The minimum absolute atomic E-state index is 0.601. The van der Waals surface area contributed by atoms with E-state index in [1.54, 1.807) is 0 Å². The van der Waals surface area contributed by atoms with Crippen LogP contribution in [0.5, 0.6) is 0 Å². The summed E-state index contributed by atoms with van der Waals surface area (Å²) in [5.41, 5.74) is 11.8. The van der Waals surface area contributed by atoms with Crippen molar-refractivity contribution in [3.63, 3.8) is 0 Å². The third-order valence-electron chi connectivity index (χ3n) is 8.37. The van der Waals surface area contributed by atoms with Gasteiger partial charge in [0.25, 0.3) is 0 Å². The molecule has 3 nitrogen and oxygen atoms in total. The lowest BCUT2D eigenvalue weighted by molar-refractivity contribution is 1.29. The van der Waals surface area contributed by atoms with Crippen molar-refractivity contribution in [2.24, 2.45) is 0 Å². The van der Waals surface area contributed by atoms with Crippen LogP contribution in [0, 0.1) is 17.9 Å². The number of anilines is 3. The maximum atomic E-state index is 9.33. The Hall–Kier alpha value is -6.16. The highest BCUT2D eigenvalue weighted by atomic mass is 15.1. The quantitative estimate of drug-likeness (QED) is 0.206. The van der Waals surface area contributed by atoms with E-state index in [1.165, 1.54) is 49.5 Å². The summed E-state index contributed by atoms with van der Waals surface area (Å²) in [6, 6.07) is 50.5. The Labute approximate surface area is 250 Å². The molecule has 7 aromatic rings. The van der Waals surface area contributed by atoms with Crippen LogP contribution in [0.4, 0.5) is 22.7 Å². The Morgan fingerprint density at radius 2 is 1.02 bits per heavy atom. The van der Waals surface area contributed by atoms with Crippen molar-refractivity contribution >= 4 is 44.3 Å². The average Bonchev–Trinajstić information content (AvgIpc) is 3.07. The molecule has 0 bridgehead atoms. The first-order chi connectivity index (χ1) is 21.2. The molecule has 0 radical (unpaired) electrons. The van der Waals surface area contributed by atoms with Crippen LogP contribution in [-0.2, 0) is 0 Å². The number of rotatable bonds is 4. The van der Waals surface area contributed by atoms with E-state index in [0.717, 1.165) is 22.4 Å². The average molecular weight is 546 g/mol. The molecule has 0 spiro atoms. The third kappa shape index (κ3) is 4.12. The van der Waals surface area contributed by atoms with Crippen LogP contribution in [0.3, 0.4) is 0 Å². The van der Waals surface area contributed by atoms with Gasteiger partial charge in [-0.1, -0.05) is 60.7 Å². The number of fused-ring (bicyclic) bond motifs is 6. The number of nitriles is 1. The topological polar surface area (TPSA) is 31.4 Å². The molecule has 0 fully saturated rings. The van der Waals surface area contributed by atoms with Gasteiger partial charge in [0.2, 0.25) is 0 Å². The summed E-state index contributed by atoms with van der Waals surface area (Å²) in [7, 11) is 0. The molecule has 0 aliphatic heterocycles. The van der Waals surface area contributed by atoms with E-state index in [2.05, 4.69) is 107 Å². The van der Waals surface area contributed by atoms with Crippen molar-refractivity contribution in [2.75, 3.05) is 4.90 Å². The number of hydrogen-bond acceptors (Lipinski definition) is 2. The van der Waals surface area contributed by atoms with Crippen molar-refractivity contribution < 1.29 is 0 Å². The Bertz CT molecular complexity index is 2230. The lowest BCUT2D eigenvalue weighted by atomic mass is 9.77. The SMILES string of the molecule is [C-]#[N+]c1ccc(N(c2ccc(C#N)cc2)c2ccc3cc4c(cc3c2)-c2cc3ccc(-c5ccccc5)cc3cc2-4)cc1. The first-order valence-electron chi connectivity index (χ1n) is 14.2. The largest absolute Gasteiger partial charge is 0.311 e. The number of benzene rings is 7. The predicted octanol–water partition coefficient (Wildman–Crippen LogP) is 11.2. The monoisotopic (exact) mass is 545 g/mol. The fourth-order valence-corrected chi connectivity index (χ4v) is 6.17. The van der Waals surface area contributed by atoms with E-state index in [0.29, 0.717) is 11.3 Å². The van der Waals surface area contributed by atoms with Gasteiger partial charge in [-0.15, -0.1) is 0 Å². The molecule has 1 aliphatic rings. The van der Waals surface area contributed by atoms with Gasteiger partial charge >= 0.3 is 0 Å². The highest BCUT2D eigenvalue weighted by Gasteiger charge is 2.24. The molecule has 0 unspecified atom stereocenters. The molecule has 0 saturated carbocycles. The zero-order chi connectivity index (χ0) is 28.9. The zero-order valence-electron chi connectivity index (χ0n) is 23.1. The van der Waals surface area contributed by atoms with Gasteiger partial charge in [-0.3, -0.25) is 0 Å². The fraction of sp³-hybridized carbons (Fsp3) is 0. The molecular formula is C40H23N3. The summed E-state index contributed by atoms with van der Waals surface area (Å²) >= 11 is 0. The van der Waals surface area contributed by atoms with Gasteiger partial charge in [-0.2, -0.15) is 5.26 Å². The molecule has 7 aromatic carbocycles. The Kier molecular flexibility index (Phi) is 5.58. The van der Waals surface area contributed by atoms with Gasteiger partial charge in [0.1, 0.15) is 0 Å². The van der Waals surface area contributed by atoms with Gasteiger partial charge in [0, 0.05) is 17.1 Å². The second-order valence-corrected chi connectivity index (χ2v) is 10.9. The van der Waals surface area contributed by atoms with Crippen LogP contribution in [0.25, 0.3) is 59.8 Å². The molecule has 0 atom stereocenters. The standard InChI is InChI=1S/C40H23N3/c1-42-33-12-17-35(18-13-33)43(34-14-7-26(25-41)8-15-34)36-16-11-30-22-38-39-23-31-19-28(27-5-3-2-4-6-27)9-10-29(31)21-37(39)40(38)24-32(30)20-36/h2-24H. The molecule has 0 amide bonds. The molecule has 0 heterocycles. The van der Waals surface area contributed by atoms with E-state index < -0.39 is 0 Å². The van der Waals surface area contributed by atoms with Crippen molar-refractivity contribution in [3.8, 4) is 39.4 Å². The Morgan fingerprint density at radius 1 is 0.488 bits per heavy atom. The van der Waals surface area contributed by atoms with Crippen LogP contribution in [0.1, 0.15) is 5.56 Å². The second-order valence-electron chi connectivity index (χ2n) is 10.9. The van der Waals surface area contributed by atoms with Gasteiger partial charge in [0.05, 0.1) is 18.2 Å². The minimum atomic E-state index is 0.601. The maximum Gasteiger partial charge on any atom is 0.187 e. The van der Waals surface area contributed by atoms with Crippen LogP contribution in [0.15, 0.2) is 140 Å². The normalized spacial score (nSPS) is 11.2. The Morgan fingerprint density at radius 3 is 1.63 bits per heavy atom. The summed E-state index contributed by atoms with van der Waals surface area (Å²) in [5.74, 6) is 0. The number of nitrogens with zero attached hydrogens (tertiary/aromatic N) is 3. The van der Waals surface area contributed by atoms with E-state index >= 15 is 0 Å². The maximum absolute atomic E-state index is 9.33. The summed E-state index contributed by atoms with van der Waals surface area (Å²) in [5, 5.41) is 14.2. The smallest absolute Gasteiger partial charge is 0.187 e. The molecule has 0 N–H and O–H groups in total. The fourth-order valence-electron chi connectivity index (χ4n) is 6.17. The first-order valence-corrected chi connectivity index (χ1v) is 14.2. The second kappa shape index (κ2) is 9.74. The zero-order valence-corrected chi connectivity index (χ0v) is 23.1. The van der Waals surface area contributed by atoms with E-state index in [9.17, 15) is 5.26 Å². The van der Waals surface area contributed by atoms with Crippen LogP contribution < -0.4 is 4.90 Å². The van der Waals surface area contributed by atoms with Crippen molar-refractivity contribution in [3.05, 3.63) is 157 Å². The van der Waals surface area contributed by atoms with E-state index in [-0.39, 0.29) is 0 Å². The van der Waals surface area contributed by atoms with Crippen LogP contribution in [-0.4, -0.2) is 0 Å². The molecular weight excluding hydrogens is 522 g/mol. The van der Waals surface area contributed by atoms with E-state index in [1.807, 2.05) is 48.5 Å². The third-order valence-corrected chi connectivity index (χ3v) is 8.37. The first kappa shape index (κ1) is 24.6. The lowest BCUT2D eigenvalue weighted by Gasteiger charge is -2.28. The summed E-state index contributed by atoms with van der Waals surface area (Å²) in [6.45, 7) is 7.35. The molecule has 198 valence electrons. The van der Waals surface area contributed by atoms with Gasteiger partial charge in [-0.05, 0) is 134 Å².